The highest BCUT2D eigenvalue weighted by Gasteiger charge is 2.26. The Hall–Kier alpha value is -2.76. The number of nitrogens with zero attached hydrogens (tertiary/aromatic N) is 4. The number of hydrogen-bond donors (Lipinski definition) is 2. The lowest BCUT2D eigenvalue weighted by Gasteiger charge is -2.26. The van der Waals surface area contributed by atoms with Crippen LogP contribution in [0.25, 0.3) is 11.2 Å². The lowest BCUT2D eigenvalue weighted by atomic mass is 9.95. The quantitative estimate of drug-likeness (QED) is 0.602. The van der Waals surface area contributed by atoms with Crippen LogP contribution in [0.2, 0.25) is 0 Å². The summed E-state index contributed by atoms with van der Waals surface area (Å²) in [7, 11) is -3.54. The average Bonchev–Trinajstić information content (AvgIpc) is 3.15. The summed E-state index contributed by atoms with van der Waals surface area (Å²) in [6, 6.07) is 6.66. The van der Waals surface area contributed by atoms with Crippen molar-refractivity contribution in [1.29, 1.82) is 0 Å². The first-order valence-corrected chi connectivity index (χ1v) is 12.4. The Balaban J connectivity index is 1.38. The van der Waals surface area contributed by atoms with Gasteiger partial charge in [-0.3, -0.25) is 4.57 Å². The number of hydrogen-bond acceptors (Lipinski definition) is 7. The van der Waals surface area contributed by atoms with Crippen molar-refractivity contribution >= 4 is 32.8 Å². The molecule has 170 valence electrons. The topological polar surface area (TPSA) is 122 Å². The monoisotopic (exact) mass is 458 g/mol. The minimum Gasteiger partial charge on any atom is -0.379 e. The van der Waals surface area contributed by atoms with Gasteiger partial charge in [-0.1, -0.05) is 19.3 Å². The molecule has 5 rings (SSSR count). The molecule has 1 aromatic carbocycles. The SMILES string of the molecule is O=c1[nH]c2cnc(Nc3ccc(S(=O)(=O)N4CCOCC4)cc3)nc2n1C1CCCCC1. The molecule has 1 saturated heterocycles. The smallest absolute Gasteiger partial charge is 0.327 e. The van der Waals surface area contributed by atoms with Crippen LogP contribution in [0.15, 0.2) is 40.2 Å². The fraction of sp³-hybridized carbons (Fsp3) is 0.476. The number of H-pyrrole nitrogens is 1. The summed E-state index contributed by atoms with van der Waals surface area (Å²) >= 11 is 0. The van der Waals surface area contributed by atoms with E-state index in [4.69, 9.17) is 4.74 Å². The molecular weight excluding hydrogens is 432 g/mol. The van der Waals surface area contributed by atoms with Gasteiger partial charge in [0.15, 0.2) is 5.65 Å². The van der Waals surface area contributed by atoms with Gasteiger partial charge >= 0.3 is 5.69 Å². The molecule has 11 heteroatoms. The second kappa shape index (κ2) is 8.64. The van der Waals surface area contributed by atoms with Crippen LogP contribution in [0.3, 0.4) is 0 Å². The molecule has 3 heterocycles. The van der Waals surface area contributed by atoms with Crippen molar-refractivity contribution in [3.05, 3.63) is 40.9 Å². The van der Waals surface area contributed by atoms with Crippen LogP contribution >= 0.6 is 0 Å². The van der Waals surface area contributed by atoms with E-state index in [-0.39, 0.29) is 16.6 Å². The molecule has 0 radical (unpaired) electrons. The van der Waals surface area contributed by atoms with Gasteiger partial charge < -0.3 is 15.0 Å². The van der Waals surface area contributed by atoms with Gasteiger partial charge in [-0.2, -0.15) is 9.29 Å². The summed E-state index contributed by atoms with van der Waals surface area (Å²) in [5.41, 5.74) is 1.70. The fourth-order valence-corrected chi connectivity index (χ4v) is 5.84. The predicted octanol–water partition coefficient (Wildman–Crippen LogP) is 2.39. The number of aromatic nitrogens is 4. The maximum absolute atomic E-state index is 12.8. The van der Waals surface area contributed by atoms with Gasteiger partial charge in [0, 0.05) is 24.8 Å². The summed E-state index contributed by atoms with van der Waals surface area (Å²) in [4.78, 5) is 24.5. The number of benzene rings is 1. The van der Waals surface area contributed by atoms with Gasteiger partial charge in [-0.25, -0.2) is 18.2 Å². The average molecular weight is 459 g/mol. The van der Waals surface area contributed by atoms with Gasteiger partial charge in [0.05, 0.1) is 24.3 Å². The number of fused-ring (bicyclic) bond motifs is 1. The van der Waals surface area contributed by atoms with Gasteiger partial charge in [0.2, 0.25) is 16.0 Å². The molecule has 0 bridgehead atoms. The van der Waals surface area contributed by atoms with Crippen LogP contribution in [0.1, 0.15) is 38.1 Å². The van der Waals surface area contributed by atoms with Gasteiger partial charge in [0.25, 0.3) is 0 Å². The van der Waals surface area contributed by atoms with E-state index < -0.39 is 10.0 Å². The van der Waals surface area contributed by atoms with E-state index in [1.807, 2.05) is 0 Å². The van der Waals surface area contributed by atoms with Crippen LogP contribution in [-0.2, 0) is 14.8 Å². The van der Waals surface area contributed by atoms with Gasteiger partial charge in [-0.15, -0.1) is 0 Å². The van der Waals surface area contributed by atoms with Crippen LogP contribution in [0.5, 0.6) is 0 Å². The minimum absolute atomic E-state index is 0.150. The first-order valence-electron chi connectivity index (χ1n) is 10.9. The molecule has 0 spiro atoms. The molecule has 0 unspecified atom stereocenters. The molecule has 2 fully saturated rings. The largest absolute Gasteiger partial charge is 0.379 e. The Morgan fingerprint density at radius 1 is 1.06 bits per heavy atom. The van der Waals surface area contributed by atoms with Crippen molar-refractivity contribution in [2.45, 2.75) is 43.0 Å². The summed E-state index contributed by atoms with van der Waals surface area (Å²) in [6.45, 7) is 1.53. The van der Waals surface area contributed by atoms with Crippen molar-refractivity contribution in [2.75, 3.05) is 31.6 Å². The number of ether oxygens (including phenoxy) is 1. The molecule has 1 aliphatic carbocycles. The van der Waals surface area contributed by atoms with Crippen LogP contribution < -0.4 is 11.0 Å². The second-order valence-corrected chi connectivity index (χ2v) is 10.1. The van der Waals surface area contributed by atoms with E-state index in [0.717, 1.165) is 25.7 Å². The van der Waals surface area contributed by atoms with Crippen LogP contribution in [0, 0.1) is 0 Å². The molecule has 0 atom stereocenters. The number of morpholine rings is 1. The minimum atomic E-state index is -3.54. The third-order valence-electron chi connectivity index (χ3n) is 6.12. The molecule has 2 aromatic heterocycles. The molecule has 1 saturated carbocycles. The maximum Gasteiger partial charge on any atom is 0.327 e. The van der Waals surface area contributed by atoms with E-state index in [1.54, 1.807) is 35.0 Å². The normalized spacial score (nSPS) is 18.8. The zero-order chi connectivity index (χ0) is 22.1. The summed E-state index contributed by atoms with van der Waals surface area (Å²) in [5, 5.41) is 3.11. The summed E-state index contributed by atoms with van der Waals surface area (Å²) in [6.07, 6.45) is 6.96. The summed E-state index contributed by atoms with van der Waals surface area (Å²) in [5.74, 6) is 0.352. The Labute approximate surface area is 185 Å². The maximum atomic E-state index is 12.8. The first-order chi connectivity index (χ1) is 15.5. The van der Waals surface area contributed by atoms with Crippen LogP contribution in [0.4, 0.5) is 11.6 Å². The molecule has 0 amide bonds. The Morgan fingerprint density at radius 2 is 1.78 bits per heavy atom. The molecule has 3 aromatic rings. The van der Waals surface area contributed by atoms with E-state index in [0.29, 0.717) is 49.1 Å². The molecule has 1 aliphatic heterocycles. The van der Waals surface area contributed by atoms with E-state index in [9.17, 15) is 13.2 Å². The Kier molecular flexibility index (Phi) is 5.70. The molecule has 2 N–H and O–H groups in total. The molecular formula is C21H26N6O4S. The second-order valence-electron chi connectivity index (χ2n) is 8.19. The lowest BCUT2D eigenvalue weighted by Crippen LogP contribution is -2.40. The highest BCUT2D eigenvalue weighted by atomic mass is 32.2. The molecule has 10 nitrogen and oxygen atoms in total. The Bertz CT molecular complexity index is 1260. The zero-order valence-corrected chi connectivity index (χ0v) is 18.5. The third-order valence-corrected chi connectivity index (χ3v) is 8.03. The highest BCUT2D eigenvalue weighted by molar-refractivity contribution is 7.89. The Morgan fingerprint density at radius 3 is 2.50 bits per heavy atom. The number of anilines is 2. The number of sulfonamides is 1. The van der Waals surface area contributed by atoms with Gasteiger partial charge in [0.1, 0.15) is 5.52 Å². The number of nitrogens with one attached hydrogen (secondary N) is 2. The van der Waals surface area contributed by atoms with Crippen LogP contribution in [-0.4, -0.2) is 58.5 Å². The molecule has 32 heavy (non-hydrogen) atoms. The van der Waals surface area contributed by atoms with Crippen molar-refractivity contribution in [2.24, 2.45) is 0 Å². The number of rotatable bonds is 5. The van der Waals surface area contributed by atoms with Crippen molar-refractivity contribution < 1.29 is 13.2 Å². The zero-order valence-electron chi connectivity index (χ0n) is 17.7. The lowest BCUT2D eigenvalue weighted by molar-refractivity contribution is 0.0730. The molecule has 2 aliphatic rings. The van der Waals surface area contributed by atoms with Crippen molar-refractivity contribution in [1.82, 2.24) is 23.8 Å². The van der Waals surface area contributed by atoms with E-state index in [2.05, 4.69) is 20.3 Å². The van der Waals surface area contributed by atoms with Crippen molar-refractivity contribution in [3.8, 4) is 0 Å². The highest BCUT2D eigenvalue weighted by Crippen LogP contribution is 2.29. The van der Waals surface area contributed by atoms with Gasteiger partial charge in [-0.05, 0) is 37.1 Å². The fourth-order valence-electron chi connectivity index (χ4n) is 4.43. The third kappa shape index (κ3) is 4.03. The van der Waals surface area contributed by atoms with E-state index >= 15 is 0 Å². The van der Waals surface area contributed by atoms with Crippen molar-refractivity contribution in [3.63, 3.8) is 0 Å². The summed E-state index contributed by atoms with van der Waals surface area (Å²) < 4.78 is 34.0. The predicted molar refractivity (Wildman–Crippen MR) is 120 cm³/mol. The van der Waals surface area contributed by atoms with E-state index in [1.165, 1.54) is 10.7 Å². The first kappa shape index (κ1) is 21.1. The number of imidazole rings is 1. The standard InChI is InChI=1S/C21H26N6O4S/c28-21-24-18-14-22-20(25-19(18)27(21)16-4-2-1-3-5-16)23-15-6-8-17(9-7-15)32(29,30)26-10-12-31-13-11-26/h6-9,14,16H,1-5,10-13H2,(H,24,28)(H,22,23,25). The number of aromatic amines is 1.